The van der Waals surface area contributed by atoms with Crippen LogP contribution in [0.4, 0.5) is 4.79 Å². The van der Waals surface area contributed by atoms with Crippen LogP contribution < -0.4 is 10.6 Å². The number of nitrogens with one attached hydrogen (secondary N) is 2. The molecular formula is C25H27N3O6. The highest BCUT2D eigenvalue weighted by molar-refractivity contribution is 5.87. The fourth-order valence-corrected chi connectivity index (χ4v) is 4.64. The summed E-state index contributed by atoms with van der Waals surface area (Å²) in [6.45, 7) is 1.79. The molecule has 9 nitrogen and oxygen atoms in total. The lowest BCUT2D eigenvalue weighted by atomic mass is 9.98. The number of likely N-dealkylation sites (tertiary alicyclic amines) is 1. The summed E-state index contributed by atoms with van der Waals surface area (Å²) in [4.78, 5) is 49.1. The Kier molecular flexibility index (Phi) is 6.81. The lowest BCUT2D eigenvalue weighted by Gasteiger charge is -2.16. The number of rotatable bonds is 7. The Labute approximate surface area is 197 Å². The lowest BCUT2D eigenvalue weighted by Crippen LogP contribution is -2.43. The van der Waals surface area contributed by atoms with Crippen molar-refractivity contribution in [2.75, 3.05) is 32.8 Å². The second-order valence-corrected chi connectivity index (χ2v) is 8.68. The average molecular weight is 466 g/mol. The first kappa shape index (κ1) is 23.3. The van der Waals surface area contributed by atoms with E-state index in [1.54, 1.807) is 6.92 Å². The predicted octanol–water partition coefficient (Wildman–Crippen LogP) is 1.82. The van der Waals surface area contributed by atoms with Crippen molar-refractivity contribution in [2.24, 2.45) is 11.8 Å². The summed E-state index contributed by atoms with van der Waals surface area (Å²) in [7, 11) is 0. The normalized spacial score (nSPS) is 18.7. The van der Waals surface area contributed by atoms with Crippen LogP contribution in [-0.4, -0.2) is 66.7 Å². The summed E-state index contributed by atoms with van der Waals surface area (Å²) < 4.78 is 5.38. The summed E-state index contributed by atoms with van der Waals surface area (Å²) in [5.41, 5.74) is 4.43. The molecule has 1 aliphatic carbocycles. The Balaban J connectivity index is 1.21. The van der Waals surface area contributed by atoms with Gasteiger partial charge in [-0.1, -0.05) is 55.5 Å². The van der Waals surface area contributed by atoms with Crippen molar-refractivity contribution in [3.63, 3.8) is 0 Å². The van der Waals surface area contributed by atoms with Gasteiger partial charge in [-0.2, -0.15) is 0 Å². The lowest BCUT2D eigenvalue weighted by molar-refractivity contribution is -0.142. The van der Waals surface area contributed by atoms with Crippen LogP contribution >= 0.6 is 0 Å². The van der Waals surface area contributed by atoms with Crippen LogP contribution in [0, 0.1) is 11.8 Å². The van der Waals surface area contributed by atoms with Gasteiger partial charge in [0, 0.05) is 19.0 Å². The number of ether oxygens (including phenoxy) is 1. The van der Waals surface area contributed by atoms with Crippen molar-refractivity contribution in [3.8, 4) is 11.1 Å². The van der Waals surface area contributed by atoms with E-state index in [1.807, 2.05) is 48.5 Å². The van der Waals surface area contributed by atoms with Crippen LogP contribution in [0.25, 0.3) is 11.1 Å². The van der Waals surface area contributed by atoms with E-state index in [0.29, 0.717) is 6.54 Å². The first-order valence-corrected chi connectivity index (χ1v) is 11.2. The highest BCUT2D eigenvalue weighted by Gasteiger charge is 2.36. The maximum atomic E-state index is 12.3. The maximum absolute atomic E-state index is 12.3. The standard InChI is InChI=1S/C25H27N3O6/c1-15-12-28(13-20(15)24(31)32)23(30)11-26-22(29)10-27-25(33)34-14-21-18-8-4-2-6-16(18)17-7-3-5-9-19(17)21/h2-9,15,20-21H,10-14H2,1H3,(H,26,29)(H,27,33)(H,31,32). The molecule has 1 heterocycles. The number of carbonyl (C=O) groups excluding carboxylic acids is 3. The average Bonchev–Trinajstić information content (AvgIpc) is 3.38. The van der Waals surface area contributed by atoms with Crippen LogP contribution in [0.2, 0.25) is 0 Å². The molecule has 3 N–H and O–H groups in total. The van der Waals surface area contributed by atoms with Crippen LogP contribution in [0.5, 0.6) is 0 Å². The van der Waals surface area contributed by atoms with E-state index in [1.165, 1.54) is 4.90 Å². The zero-order valence-electron chi connectivity index (χ0n) is 18.8. The fourth-order valence-electron chi connectivity index (χ4n) is 4.64. The molecule has 0 bridgehead atoms. The van der Waals surface area contributed by atoms with Gasteiger partial charge >= 0.3 is 12.1 Å². The summed E-state index contributed by atoms with van der Waals surface area (Å²) >= 11 is 0. The van der Waals surface area contributed by atoms with Crippen molar-refractivity contribution in [2.45, 2.75) is 12.8 Å². The molecule has 34 heavy (non-hydrogen) atoms. The minimum atomic E-state index is -0.931. The van der Waals surface area contributed by atoms with Gasteiger partial charge in [-0.25, -0.2) is 4.79 Å². The van der Waals surface area contributed by atoms with Crippen molar-refractivity contribution in [1.82, 2.24) is 15.5 Å². The smallest absolute Gasteiger partial charge is 0.407 e. The highest BCUT2D eigenvalue weighted by atomic mass is 16.5. The second kappa shape index (κ2) is 9.94. The molecule has 0 saturated carbocycles. The minimum Gasteiger partial charge on any atom is -0.481 e. The van der Waals surface area contributed by atoms with E-state index >= 15 is 0 Å². The second-order valence-electron chi connectivity index (χ2n) is 8.68. The Morgan fingerprint density at radius 1 is 0.941 bits per heavy atom. The summed E-state index contributed by atoms with van der Waals surface area (Å²) in [5.74, 6) is -2.66. The highest BCUT2D eigenvalue weighted by Crippen LogP contribution is 2.44. The number of aliphatic carboxylic acids is 1. The predicted molar refractivity (Wildman–Crippen MR) is 123 cm³/mol. The molecule has 3 amide bonds. The van der Waals surface area contributed by atoms with Crippen LogP contribution in [0.3, 0.4) is 0 Å². The van der Waals surface area contributed by atoms with E-state index in [-0.39, 0.29) is 44.0 Å². The number of carboxylic acid groups (broad SMARTS) is 1. The monoisotopic (exact) mass is 465 g/mol. The number of benzene rings is 2. The molecule has 2 atom stereocenters. The van der Waals surface area contributed by atoms with Crippen LogP contribution in [0.15, 0.2) is 48.5 Å². The van der Waals surface area contributed by atoms with E-state index in [4.69, 9.17) is 4.74 Å². The number of hydrogen-bond donors (Lipinski definition) is 3. The van der Waals surface area contributed by atoms with Crippen molar-refractivity contribution in [1.29, 1.82) is 0 Å². The Morgan fingerprint density at radius 2 is 1.56 bits per heavy atom. The molecule has 4 rings (SSSR count). The molecule has 9 heteroatoms. The van der Waals surface area contributed by atoms with Gasteiger partial charge in [0.2, 0.25) is 11.8 Å². The van der Waals surface area contributed by atoms with Gasteiger partial charge in [-0.15, -0.1) is 0 Å². The Bertz CT molecular complexity index is 1070. The zero-order chi connectivity index (χ0) is 24.2. The van der Waals surface area contributed by atoms with E-state index < -0.39 is 23.9 Å². The number of nitrogens with zero attached hydrogens (tertiary/aromatic N) is 1. The van der Waals surface area contributed by atoms with E-state index in [0.717, 1.165) is 22.3 Å². The third kappa shape index (κ3) is 4.88. The van der Waals surface area contributed by atoms with Gasteiger partial charge in [-0.05, 0) is 28.2 Å². The summed E-state index contributed by atoms with van der Waals surface area (Å²) in [6, 6.07) is 16.0. The molecule has 2 aliphatic rings. The van der Waals surface area contributed by atoms with Crippen LogP contribution in [0.1, 0.15) is 24.0 Å². The van der Waals surface area contributed by atoms with Gasteiger partial charge in [0.1, 0.15) is 13.2 Å². The molecule has 1 saturated heterocycles. The number of carbonyl (C=O) groups is 4. The van der Waals surface area contributed by atoms with Crippen molar-refractivity contribution in [3.05, 3.63) is 59.7 Å². The van der Waals surface area contributed by atoms with Crippen LogP contribution in [-0.2, 0) is 19.1 Å². The maximum Gasteiger partial charge on any atom is 0.407 e. The molecule has 1 aliphatic heterocycles. The molecule has 0 spiro atoms. The van der Waals surface area contributed by atoms with E-state index in [9.17, 15) is 24.3 Å². The number of hydrogen-bond acceptors (Lipinski definition) is 5. The fraction of sp³-hybridized carbons (Fsp3) is 0.360. The topological polar surface area (TPSA) is 125 Å². The first-order chi connectivity index (χ1) is 16.3. The molecule has 0 aromatic heterocycles. The third-order valence-corrected chi connectivity index (χ3v) is 6.46. The number of carboxylic acids is 1. The summed E-state index contributed by atoms with van der Waals surface area (Å²) in [5, 5.41) is 14.0. The molecule has 2 unspecified atom stereocenters. The number of fused-ring (bicyclic) bond motifs is 3. The third-order valence-electron chi connectivity index (χ3n) is 6.46. The molecular weight excluding hydrogens is 438 g/mol. The minimum absolute atomic E-state index is 0.0814. The Hall–Kier alpha value is -3.88. The number of amides is 3. The zero-order valence-corrected chi connectivity index (χ0v) is 18.8. The molecule has 0 radical (unpaired) electrons. The van der Waals surface area contributed by atoms with Gasteiger partial charge in [0.25, 0.3) is 0 Å². The molecule has 178 valence electrons. The number of alkyl carbamates (subject to hydrolysis) is 1. The summed E-state index contributed by atoms with van der Waals surface area (Å²) in [6.07, 6.45) is -0.721. The van der Waals surface area contributed by atoms with Gasteiger partial charge in [0.05, 0.1) is 12.5 Å². The largest absolute Gasteiger partial charge is 0.481 e. The first-order valence-electron chi connectivity index (χ1n) is 11.2. The van der Waals surface area contributed by atoms with E-state index in [2.05, 4.69) is 10.6 Å². The quantitative estimate of drug-likeness (QED) is 0.573. The van der Waals surface area contributed by atoms with Gasteiger partial charge in [0.15, 0.2) is 0 Å². The molecule has 2 aromatic carbocycles. The molecule has 2 aromatic rings. The van der Waals surface area contributed by atoms with Gasteiger partial charge < -0.3 is 25.4 Å². The van der Waals surface area contributed by atoms with Crippen molar-refractivity contribution < 1.29 is 29.0 Å². The van der Waals surface area contributed by atoms with Crippen molar-refractivity contribution >= 4 is 23.9 Å². The SMILES string of the molecule is CC1CN(C(=O)CNC(=O)CNC(=O)OCC2c3ccccc3-c3ccccc32)CC1C(=O)O. The van der Waals surface area contributed by atoms with Gasteiger partial charge in [-0.3, -0.25) is 14.4 Å². The molecule has 1 fully saturated rings. The Morgan fingerprint density at radius 3 is 2.15 bits per heavy atom.